The fourth-order valence-electron chi connectivity index (χ4n) is 4.42. The van der Waals surface area contributed by atoms with Gasteiger partial charge in [0, 0.05) is 42.2 Å². The van der Waals surface area contributed by atoms with E-state index in [4.69, 9.17) is 11.6 Å². The molecule has 0 saturated heterocycles. The van der Waals surface area contributed by atoms with Crippen LogP contribution >= 0.6 is 11.6 Å². The van der Waals surface area contributed by atoms with E-state index in [-0.39, 0.29) is 24.5 Å². The number of rotatable bonds is 8. The molecule has 0 bridgehead atoms. The van der Waals surface area contributed by atoms with Crippen LogP contribution in [0.2, 0.25) is 5.02 Å². The lowest BCUT2D eigenvalue weighted by atomic mass is 9.94. The first-order chi connectivity index (χ1) is 15.7. The van der Waals surface area contributed by atoms with Crippen molar-refractivity contribution in [3.8, 4) is 0 Å². The molecule has 1 N–H and O–H groups in total. The summed E-state index contributed by atoms with van der Waals surface area (Å²) >= 11 is 6.25. The number of aromatic nitrogens is 1. The Balaban J connectivity index is 1.78. The summed E-state index contributed by atoms with van der Waals surface area (Å²) in [6, 6.07) is 9.35. The van der Waals surface area contributed by atoms with Gasteiger partial charge in [0.1, 0.15) is 6.54 Å². The Morgan fingerprint density at radius 2 is 1.91 bits per heavy atom. The molecule has 1 saturated carbocycles. The second-order valence-electron chi connectivity index (χ2n) is 9.59. The van der Waals surface area contributed by atoms with E-state index in [1.54, 1.807) is 11.0 Å². The van der Waals surface area contributed by atoms with Gasteiger partial charge in [0.15, 0.2) is 0 Å². The van der Waals surface area contributed by atoms with Crippen LogP contribution < -0.4 is 5.32 Å². The highest BCUT2D eigenvalue weighted by atomic mass is 35.5. The Hall–Kier alpha value is -2.47. The molecule has 0 radical (unpaired) electrons. The van der Waals surface area contributed by atoms with Gasteiger partial charge in [0.05, 0.1) is 6.54 Å². The van der Waals surface area contributed by atoms with E-state index in [0.717, 1.165) is 36.9 Å². The molecular formula is C26H37ClN4O2. The number of urea groups is 1. The number of halogens is 1. The number of carbonyl (C=O) groups is 2. The van der Waals surface area contributed by atoms with Crippen molar-refractivity contribution in [3.63, 3.8) is 0 Å². The zero-order valence-corrected chi connectivity index (χ0v) is 21.1. The number of hydrogen-bond acceptors (Lipinski definition) is 2. The van der Waals surface area contributed by atoms with Crippen molar-refractivity contribution in [2.45, 2.75) is 65.5 Å². The molecule has 33 heavy (non-hydrogen) atoms. The fraction of sp³-hybridized carbons (Fsp3) is 0.538. The van der Waals surface area contributed by atoms with Crippen molar-refractivity contribution in [2.24, 2.45) is 13.0 Å². The van der Waals surface area contributed by atoms with E-state index in [1.165, 1.54) is 6.42 Å². The number of anilines is 1. The number of amides is 3. The maximum Gasteiger partial charge on any atom is 0.322 e. The van der Waals surface area contributed by atoms with Gasteiger partial charge in [-0.05, 0) is 55.5 Å². The number of hydrogen-bond donors (Lipinski definition) is 1. The van der Waals surface area contributed by atoms with E-state index < -0.39 is 0 Å². The molecule has 7 heteroatoms. The standard InChI is InChI=1S/C26H37ClN4O2/c1-19(2)16-30(17-23-11-8-14-29(23)4)25(32)18-31(22-9-6-5-7-10-22)26(33)28-21-13-12-20(3)24(27)15-21/h8,11-15,19,22H,5-7,9-10,16-18H2,1-4H3,(H,28,33). The number of nitrogens with one attached hydrogen (secondary N) is 1. The lowest BCUT2D eigenvalue weighted by Gasteiger charge is -2.35. The molecule has 1 aromatic heterocycles. The summed E-state index contributed by atoms with van der Waals surface area (Å²) < 4.78 is 2.04. The van der Waals surface area contributed by atoms with Gasteiger partial charge in [0.2, 0.25) is 5.91 Å². The molecule has 180 valence electrons. The fourth-order valence-corrected chi connectivity index (χ4v) is 4.60. The molecule has 6 nitrogen and oxygen atoms in total. The Bertz CT molecular complexity index is 950. The first kappa shape index (κ1) is 25.2. The lowest BCUT2D eigenvalue weighted by molar-refractivity contribution is -0.133. The van der Waals surface area contributed by atoms with Crippen molar-refractivity contribution >= 4 is 29.2 Å². The van der Waals surface area contributed by atoms with Gasteiger partial charge in [-0.25, -0.2) is 4.79 Å². The quantitative estimate of drug-likeness (QED) is 0.524. The van der Waals surface area contributed by atoms with Gasteiger partial charge >= 0.3 is 6.03 Å². The van der Waals surface area contributed by atoms with Crippen molar-refractivity contribution in [2.75, 3.05) is 18.4 Å². The minimum absolute atomic E-state index is 0.0208. The maximum absolute atomic E-state index is 13.5. The third-order valence-electron chi connectivity index (χ3n) is 6.35. The van der Waals surface area contributed by atoms with E-state index in [9.17, 15) is 9.59 Å². The van der Waals surface area contributed by atoms with Crippen LogP contribution in [0.5, 0.6) is 0 Å². The average molecular weight is 473 g/mol. The average Bonchev–Trinajstić information content (AvgIpc) is 3.18. The van der Waals surface area contributed by atoms with Crippen LogP contribution in [0.15, 0.2) is 36.5 Å². The molecular weight excluding hydrogens is 436 g/mol. The second kappa shape index (κ2) is 11.6. The Morgan fingerprint density at radius 1 is 1.18 bits per heavy atom. The maximum atomic E-state index is 13.5. The number of nitrogens with zero attached hydrogens (tertiary/aromatic N) is 3. The molecule has 0 aliphatic heterocycles. The molecule has 1 aliphatic rings. The van der Waals surface area contributed by atoms with Crippen LogP contribution in [0.3, 0.4) is 0 Å². The largest absolute Gasteiger partial charge is 0.353 e. The first-order valence-electron chi connectivity index (χ1n) is 12.0. The van der Waals surface area contributed by atoms with Crippen LogP contribution in [0.25, 0.3) is 0 Å². The first-order valence-corrected chi connectivity index (χ1v) is 12.3. The van der Waals surface area contributed by atoms with Crippen LogP contribution in [0, 0.1) is 12.8 Å². The molecule has 3 rings (SSSR count). The molecule has 1 heterocycles. The SMILES string of the molecule is Cc1ccc(NC(=O)N(CC(=O)N(Cc2cccn2C)CC(C)C)C2CCCCC2)cc1Cl. The molecule has 1 aliphatic carbocycles. The highest BCUT2D eigenvalue weighted by Gasteiger charge is 2.29. The van der Waals surface area contributed by atoms with Gasteiger partial charge in [-0.3, -0.25) is 4.79 Å². The predicted octanol–water partition coefficient (Wildman–Crippen LogP) is 5.84. The molecule has 1 aromatic carbocycles. The van der Waals surface area contributed by atoms with Crippen molar-refractivity contribution in [1.29, 1.82) is 0 Å². The minimum atomic E-state index is -0.237. The third kappa shape index (κ3) is 7.00. The summed E-state index contributed by atoms with van der Waals surface area (Å²) in [6.07, 6.45) is 7.19. The van der Waals surface area contributed by atoms with E-state index in [0.29, 0.717) is 29.7 Å². The van der Waals surface area contributed by atoms with Crippen molar-refractivity contribution < 1.29 is 9.59 Å². The molecule has 0 unspecified atom stereocenters. The Labute approximate surface area is 202 Å². The van der Waals surface area contributed by atoms with Crippen molar-refractivity contribution in [1.82, 2.24) is 14.4 Å². The smallest absolute Gasteiger partial charge is 0.322 e. The molecule has 2 aromatic rings. The zero-order valence-electron chi connectivity index (χ0n) is 20.3. The Morgan fingerprint density at radius 3 is 2.52 bits per heavy atom. The van der Waals surface area contributed by atoms with Gasteiger partial charge in [-0.2, -0.15) is 0 Å². The summed E-state index contributed by atoms with van der Waals surface area (Å²) in [5.74, 6) is 0.313. The monoisotopic (exact) mass is 472 g/mol. The molecule has 1 fully saturated rings. The number of benzene rings is 1. The van der Waals surface area contributed by atoms with Gasteiger partial charge < -0.3 is 19.7 Å². The van der Waals surface area contributed by atoms with Crippen LogP contribution in [0.4, 0.5) is 10.5 Å². The summed E-state index contributed by atoms with van der Waals surface area (Å²) in [4.78, 5) is 30.5. The topological polar surface area (TPSA) is 57.6 Å². The van der Waals surface area contributed by atoms with Gasteiger partial charge in [-0.15, -0.1) is 0 Å². The molecule has 0 atom stereocenters. The highest BCUT2D eigenvalue weighted by molar-refractivity contribution is 6.31. The normalized spacial score (nSPS) is 14.4. The van der Waals surface area contributed by atoms with Crippen LogP contribution in [-0.2, 0) is 18.4 Å². The lowest BCUT2D eigenvalue weighted by Crippen LogP contribution is -2.50. The predicted molar refractivity (Wildman–Crippen MR) is 134 cm³/mol. The van der Waals surface area contributed by atoms with Gasteiger partial charge in [0.25, 0.3) is 0 Å². The summed E-state index contributed by atoms with van der Waals surface area (Å²) in [6.45, 7) is 7.41. The minimum Gasteiger partial charge on any atom is -0.353 e. The summed E-state index contributed by atoms with van der Waals surface area (Å²) in [7, 11) is 1.99. The zero-order chi connectivity index (χ0) is 24.0. The van der Waals surface area contributed by atoms with E-state index in [2.05, 4.69) is 19.2 Å². The highest BCUT2D eigenvalue weighted by Crippen LogP contribution is 2.25. The summed E-state index contributed by atoms with van der Waals surface area (Å²) in [5.41, 5.74) is 2.68. The van der Waals surface area contributed by atoms with E-state index >= 15 is 0 Å². The van der Waals surface area contributed by atoms with Crippen LogP contribution in [-0.4, -0.2) is 45.4 Å². The molecule has 0 spiro atoms. The van der Waals surface area contributed by atoms with Crippen molar-refractivity contribution in [3.05, 3.63) is 52.8 Å². The summed E-state index contributed by atoms with van der Waals surface area (Å²) in [5, 5.41) is 3.58. The molecule has 3 amide bonds. The second-order valence-corrected chi connectivity index (χ2v) is 10.00. The van der Waals surface area contributed by atoms with Crippen LogP contribution in [0.1, 0.15) is 57.2 Å². The van der Waals surface area contributed by atoms with Gasteiger partial charge in [-0.1, -0.05) is 50.8 Å². The number of aryl methyl sites for hydroxylation is 2. The third-order valence-corrected chi connectivity index (χ3v) is 6.75. The van der Waals surface area contributed by atoms with E-state index in [1.807, 2.05) is 53.9 Å². The Kier molecular flexibility index (Phi) is 8.84. The number of carbonyl (C=O) groups excluding carboxylic acids is 2.